The fraction of sp³-hybridized carbons (Fsp3) is 0.464. The largest absolute Gasteiger partial charge is 0.492 e. The minimum atomic E-state index is -3.04. The summed E-state index contributed by atoms with van der Waals surface area (Å²) in [6.45, 7) is 3.80. The van der Waals surface area contributed by atoms with Crippen LogP contribution in [0.4, 0.5) is 17.6 Å². The van der Waals surface area contributed by atoms with Crippen molar-refractivity contribution in [2.75, 3.05) is 32.9 Å². The van der Waals surface area contributed by atoms with Crippen LogP contribution < -0.4 is 10.1 Å². The molecule has 3 aromatic rings. The molecular weight excluding hydrogens is 502 g/mol. The van der Waals surface area contributed by atoms with Gasteiger partial charge in [0.15, 0.2) is 0 Å². The maximum Gasteiger partial charge on any atom is 0.307 e. The first kappa shape index (κ1) is 27.9. The van der Waals surface area contributed by atoms with Gasteiger partial charge >= 0.3 is 5.97 Å². The summed E-state index contributed by atoms with van der Waals surface area (Å²) in [5, 5.41) is 13.5. The van der Waals surface area contributed by atoms with Gasteiger partial charge in [-0.2, -0.15) is 0 Å². The maximum absolute atomic E-state index is 15.7. The number of carbonyl (C=O) groups is 1. The van der Waals surface area contributed by atoms with E-state index in [9.17, 15) is 23.1 Å². The average molecular weight is 536 g/mol. The number of ether oxygens (including phenoxy) is 1. The van der Waals surface area contributed by atoms with Crippen LogP contribution >= 0.6 is 0 Å². The number of alkyl halides is 3. The molecular formula is C28H33F4N3O3. The van der Waals surface area contributed by atoms with Crippen LogP contribution in [0.25, 0.3) is 10.9 Å². The number of nitrogens with zero attached hydrogens (tertiary/aromatic N) is 1. The van der Waals surface area contributed by atoms with Crippen molar-refractivity contribution in [1.82, 2.24) is 15.2 Å². The molecule has 3 N–H and O–H groups in total. The molecule has 10 heteroatoms. The fourth-order valence-electron chi connectivity index (χ4n) is 5.27. The molecule has 0 amide bonds. The third kappa shape index (κ3) is 5.66. The first-order valence-electron chi connectivity index (χ1n) is 12.8. The van der Waals surface area contributed by atoms with Crippen molar-refractivity contribution in [3.63, 3.8) is 0 Å². The summed E-state index contributed by atoms with van der Waals surface area (Å²) >= 11 is 0. The molecule has 0 aliphatic carbocycles. The van der Waals surface area contributed by atoms with Crippen LogP contribution in [0.15, 0.2) is 36.4 Å². The van der Waals surface area contributed by atoms with Crippen molar-refractivity contribution in [3.8, 4) is 5.75 Å². The molecule has 1 unspecified atom stereocenters. The summed E-state index contributed by atoms with van der Waals surface area (Å²) in [5.41, 5.74) is 1.51. The van der Waals surface area contributed by atoms with Gasteiger partial charge in [0.2, 0.25) is 0 Å². The smallest absolute Gasteiger partial charge is 0.307 e. The highest BCUT2D eigenvalue weighted by Gasteiger charge is 2.41. The van der Waals surface area contributed by atoms with Crippen molar-refractivity contribution in [3.05, 3.63) is 64.6 Å². The van der Waals surface area contributed by atoms with Gasteiger partial charge in [0.25, 0.3) is 6.43 Å². The van der Waals surface area contributed by atoms with E-state index in [-0.39, 0.29) is 30.5 Å². The standard InChI is InChI=1S/C28H33F4N3O3/c1-16(28(36)37)15-35-17(2)14-19-18-6-3-4-7-21(18)34-25(19)26(35)23-20(30)8-9-22(24(23)27(31)32)38-13-12-33-11-5-10-29/h3-4,6-9,16-17,26-27,33-34H,5,10-15H2,1-2H3,(H,36,37)/t16?,17-,26-/m1/s1. The van der Waals surface area contributed by atoms with Gasteiger partial charge in [0.05, 0.1) is 24.2 Å². The maximum atomic E-state index is 15.7. The van der Waals surface area contributed by atoms with E-state index in [4.69, 9.17) is 4.74 Å². The molecule has 2 aromatic carbocycles. The second kappa shape index (κ2) is 12.2. The summed E-state index contributed by atoms with van der Waals surface area (Å²) in [4.78, 5) is 16.9. The van der Waals surface area contributed by atoms with E-state index < -0.39 is 42.4 Å². The lowest BCUT2D eigenvalue weighted by molar-refractivity contribution is -0.142. The quantitative estimate of drug-likeness (QED) is 0.207. The van der Waals surface area contributed by atoms with E-state index in [2.05, 4.69) is 10.3 Å². The Kier molecular flexibility index (Phi) is 8.94. The van der Waals surface area contributed by atoms with Crippen molar-refractivity contribution in [2.24, 2.45) is 5.92 Å². The minimum Gasteiger partial charge on any atom is -0.492 e. The summed E-state index contributed by atoms with van der Waals surface area (Å²) in [6.07, 6.45) is -2.16. The average Bonchev–Trinajstić information content (AvgIpc) is 3.25. The summed E-state index contributed by atoms with van der Waals surface area (Å²) in [7, 11) is 0. The summed E-state index contributed by atoms with van der Waals surface area (Å²) in [5.74, 6) is -2.78. The number of rotatable bonds is 12. The number of aromatic amines is 1. The van der Waals surface area contributed by atoms with Crippen LogP contribution in [-0.2, 0) is 11.2 Å². The lowest BCUT2D eigenvalue weighted by Gasteiger charge is -2.42. The van der Waals surface area contributed by atoms with Gasteiger partial charge in [0, 0.05) is 41.3 Å². The van der Waals surface area contributed by atoms with Crippen molar-refractivity contribution < 1.29 is 32.2 Å². The predicted octanol–water partition coefficient (Wildman–Crippen LogP) is 5.63. The first-order valence-corrected chi connectivity index (χ1v) is 12.8. The number of halogens is 4. The zero-order chi connectivity index (χ0) is 27.4. The third-order valence-electron chi connectivity index (χ3n) is 7.13. The van der Waals surface area contributed by atoms with Gasteiger partial charge in [-0.15, -0.1) is 0 Å². The van der Waals surface area contributed by atoms with Gasteiger partial charge in [-0.3, -0.25) is 14.1 Å². The molecule has 0 bridgehead atoms. The Labute approximate surface area is 219 Å². The Morgan fingerprint density at radius 1 is 1.24 bits per heavy atom. The normalized spacial score (nSPS) is 18.6. The molecule has 4 rings (SSSR count). The number of hydrogen-bond acceptors (Lipinski definition) is 4. The SMILES string of the molecule is CC(CN1[C@H](c2c(F)ccc(OCCNCCCF)c2C(F)F)c2[nH]c3ccccc3c2C[C@H]1C)C(=O)O. The lowest BCUT2D eigenvalue weighted by Crippen LogP contribution is -2.46. The van der Waals surface area contributed by atoms with Crippen molar-refractivity contribution in [1.29, 1.82) is 0 Å². The predicted molar refractivity (Wildman–Crippen MR) is 137 cm³/mol. The van der Waals surface area contributed by atoms with Crippen LogP contribution in [0.5, 0.6) is 5.75 Å². The molecule has 2 heterocycles. The Bertz CT molecular complexity index is 1270. The Morgan fingerprint density at radius 3 is 2.71 bits per heavy atom. The molecule has 3 atom stereocenters. The number of nitrogens with one attached hydrogen (secondary N) is 2. The molecule has 0 saturated heterocycles. The number of para-hydroxylation sites is 1. The van der Waals surface area contributed by atoms with Crippen LogP contribution in [0, 0.1) is 11.7 Å². The highest BCUT2D eigenvalue weighted by molar-refractivity contribution is 5.85. The van der Waals surface area contributed by atoms with Gasteiger partial charge in [-0.1, -0.05) is 25.1 Å². The van der Waals surface area contributed by atoms with Crippen molar-refractivity contribution in [2.45, 2.75) is 45.2 Å². The molecule has 206 valence electrons. The Balaban J connectivity index is 1.82. The number of carboxylic acids is 1. The van der Waals surface area contributed by atoms with Crippen LogP contribution in [0.2, 0.25) is 0 Å². The van der Waals surface area contributed by atoms with E-state index in [1.165, 1.54) is 6.07 Å². The molecule has 38 heavy (non-hydrogen) atoms. The highest BCUT2D eigenvalue weighted by Crippen LogP contribution is 2.46. The van der Waals surface area contributed by atoms with Gasteiger partial charge in [-0.05, 0) is 50.1 Å². The highest BCUT2D eigenvalue weighted by atomic mass is 19.3. The van der Waals surface area contributed by atoms with E-state index in [0.29, 0.717) is 31.6 Å². The molecule has 1 aliphatic rings. The Hall–Kier alpha value is -3.11. The Morgan fingerprint density at radius 2 is 2.00 bits per heavy atom. The molecule has 0 fully saturated rings. The molecule has 0 radical (unpaired) electrons. The molecule has 0 spiro atoms. The zero-order valence-corrected chi connectivity index (χ0v) is 21.4. The van der Waals surface area contributed by atoms with Crippen LogP contribution in [-0.4, -0.2) is 59.9 Å². The topological polar surface area (TPSA) is 77.6 Å². The second-order valence-corrected chi connectivity index (χ2v) is 9.77. The molecule has 0 saturated carbocycles. The van der Waals surface area contributed by atoms with E-state index in [0.717, 1.165) is 22.5 Å². The molecule has 1 aromatic heterocycles. The number of aromatic nitrogens is 1. The number of hydrogen-bond donors (Lipinski definition) is 3. The van der Waals surface area contributed by atoms with Gasteiger partial charge < -0.3 is 20.1 Å². The van der Waals surface area contributed by atoms with Crippen molar-refractivity contribution >= 4 is 16.9 Å². The van der Waals surface area contributed by atoms with Crippen LogP contribution in [0.1, 0.15) is 55.1 Å². The summed E-state index contributed by atoms with van der Waals surface area (Å²) < 4.78 is 63.0. The number of aliphatic carboxylic acids is 1. The van der Waals surface area contributed by atoms with Gasteiger partial charge in [-0.25, -0.2) is 13.2 Å². The number of fused-ring (bicyclic) bond motifs is 3. The molecule has 1 aliphatic heterocycles. The third-order valence-corrected chi connectivity index (χ3v) is 7.13. The first-order chi connectivity index (χ1) is 18.2. The van der Waals surface area contributed by atoms with E-state index in [1.54, 1.807) is 11.8 Å². The monoisotopic (exact) mass is 535 g/mol. The van der Waals surface area contributed by atoms with E-state index in [1.807, 2.05) is 31.2 Å². The number of benzene rings is 2. The lowest BCUT2D eigenvalue weighted by atomic mass is 9.85. The summed E-state index contributed by atoms with van der Waals surface area (Å²) in [6, 6.07) is 8.65. The zero-order valence-electron chi connectivity index (χ0n) is 21.4. The number of H-pyrrole nitrogens is 1. The van der Waals surface area contributed by atoms with Gasteiger partial charge in [0.1, 0.15) is 18.2 Å². The van der Waals surface area contributed by atoms with Crippen LogP contribution in [0.3, 0.4) is 0 Å². The minimum absolute atomic E-state index is 0.0372. The molecule has 6 nitrogen and oxygen atoms in total. The fourth-order valence-corrected chi connectivity index (χ4v) is 5.27. The number of carboxylic acid groups (broad SMARTS) is 1. The second-order valence-electron chi connectivity index (χ2n) is 9.77. The van der Waals surface area contributed by atoms with E-state index >= 15 is 4.39 Å².